The van der Waals surface area contributed by atoms with E-state index in [9.17, 15) is 15.2 Å². The van der Waals surface area contributed by atoms with E-state index in [2.05, 4.69) is 27.3 Å². The van der Waals surface area contributed by atoms with Gasteiger partial charge in [-0.25, -0.2) is 0 Å². The summed E-state index contributed by atoms with van der Waals surface area (Å²) in [5.74, 6) is 0.179. The molecule has 0 saturated carbocycles. The summed E-state index contributed by atoms with van der Waals surface area (Å²) in [5.41, 5.74) is 2.23. The number of allylic oxidation sites excluding steroid dienone is 2. The smallest absolute Gasteiger partial charge is 0.275 e. The number of halogens is 1. The lowest BCUT2D eigenvalue weighted by Gasteiger charge is -2.37. The third-order valence-electron chi connectivity index (χ3n) is 4.90. The summed E-state index contributed by atoms with van der Waals surface area (Å²) < 4.78 is 1.00. The van der Waals surface area contributed by atoms with Crippen LogP contribution in [-0.2, 0) is 0 Å². The minimum atomic E-state index is -0.372. The van der Waals surface area contributed by atoms with Crippen molar-refractivity contribution in [1.82, 2.24) is 0 Å². The Hall–Kier alpha value is -2.34. The Labute approximate surface area is 147 Å². The third-order valence-corrected chi connectivity index (χ3v) is 5.43. The zero-order chi connectivity index (χ0) is 16.8. The highest BCUT2D eigenvalue weighted by atomic mass is 79.9. The highest BCUT2D eigenvalue weighted by molar-refractivity contribution is 9.10. The Balaban J connectivity index is 1.86. The first-order valence-corrected chi connectivity index (χ1v) is 8.54. The lowest BCUT2D eigenvalue weighted by Crippen LogP contribution is -2.29. The molecule has 0 aromatic heterocycles. The van der Waals surface area contributed by atoms with E-state index in [1.165, 1.54) is 12.1 Å². The van der Waals surface area contributed by atoms with Gasteiger partial charge in [-0.2, -0.15) is 0 Å². The van der Waals surface area contributed by atoms with E-state index in [-0.39, 0.29) is 34.2 Å². The van der Waals surface area contributed by atoms with Crippen molar-refractivity contribution in [3.05, 3.63) is 74.3 Å². The Morgan fingerprint density at radius 1 is 1.21 bits per heavy atom. The molecule has 0 radical (unpaired) electrons. The first-order chi connectivity index (χ1) is 11.6. The van der Waals surface area contributed by atoms with Crippen molar-refractivity contribution in [3.8, 4) is 5.75 Å². The molecule has 1 heterocycles. The summed E-state index contributed by atoms with van der Waals surface area (Å²) >= 11 is 3.44. The molecule has 0 amide bonds. The summed E-state index contributed by atoms with van der Waals surface area (Å²) in [6.07, 6.45) is 4.96. The zero-order valence-corrected chi connectivity index (χ0v) is 14.2. The number of nitrogens with zero attached hydrogens (tertiary/aromatic N) is 1. The van der Waals surface area contributed by atoms with Gasteiger partial charge in [0.05, 0.1) is 22.2 Å². The van der Waals surface area contributed by atoms with Crippen molar-refractivity contribution in [1.29, 1.82) is 0 Å². The summed E-state index contributed by atoms with van der Waals surface area (Å²) in [6, 6.07) is 10.8. The van der Waals surface area contributed by atoms with Gasteiger partial charge in [0.1, 0.15) is 5.75 Å². The number of rotatable bonds is 2. The molecule has 1 aliphatic heterocycles. The maximum absolute atomic E-state index is 11.4. The Kier molecular flexibility index (Phi) is 3.57. The van der Waals surface area contributed by atoms with Crippen molar-refractivity contribution in [3.63, 3.8) is 0 Å². The molecule has 5 nitrogen and oxygen atoms in total. The standard InChI is InChI=1S/C18H15BrN2O3/c19-11-6-4-10(5-7-11)17-13-3-1-2-12(13)16-14(21(23)24)8-9-15(22)18(16)20-17/h1-2,4-9,12-13,17,20,22H,3H2. The Morgan fingerprint density at radius 3 is 2.67 bits per heavy atom. The summed E-state index contributed by atoms with van der Waals surface area (Å²) in [6.45, 7) is 0. The van der Waals surface area contributed by atoms with Crippen LogP contribution < -0.4 is 5.32 Å². The topological polar surface area (TPSA) is 75.4 Å². The van der Waals surface area contributed by atoms with Gasteiger partial charge in [0, 0.05) is 16.5 Å². The highest BCUT2D eigenvalue weighted by Gasteiger charge is 2.42. The van der Waals surface area contributed by atoms with Gasteiger partial charge in [0.2, 0.25) is 0 Å². The predicted molar refractivity (Wildman–Crippen MR) is 95.3 cm³/mol. The predicted octanol–water partition coefficient (Wildman–Crippen LogP) is 4.89. The lowest BCUT2D eigenvalue weighted by atomic mass is 9.76. The number of benzene rings is 2. The SMILES string of the molecule is O=[N+]([O-])c1ccc(O)c2c1C1C=CCC1C(c1ccc(Br)cc1)N2. The van der Waals surface area contributed by atoms with Crippen LogP contribution in [0.4, 0.5) is 11.4 Å². The Bertz CT molecular complexity index is 848. The van der Waals surface area contributed by atoms with Gasteiger partial charge in [-0.05, 0) is 36.1 Å². The molecule has 3 unspecified atom stereocenters. The van der Waals surface area contributed by atoms with Crippen LogP contribution in [0, 0.1) is 16.0 Å². The van der Waals surface area contributed by atoms with E-state index in [4.69, 9.17) is 0 Å². The number of hydrogen-bond acceptors (Lipinski definition) is 4. The van der Waals surface area contributed by atoms with Gasteiger partial charge in [-0.1, -0.05) is 40.2 Å². The summed E-state index contributed by atoms with van der Waals surface area (Å²) in [4.78, 5) is 11.1. The number of phenolic OH excluding ortho intramolecular Hbond substituents is 1. The van der Waals surface area contributed by atoms with Gasteiger partial charge in [-0.15, -0.1) is 0 Å². The van der Waals surface area contributed by atoms with Crippen molar-refractivity contribution in [2.75, 3.05) is 5.32 Å². The molecule has 0 fully saturated rings. The second kappa shape index (κ2) is 5.63. The number of nitrogens with one attached hydrogen (secondary N) is 1. The molecule has 122 valence electrons. The fraction of sp³-hybridized carbons (Fsp3) is 0.222. The molecule has 0 spiro atoms. The highest BCUT2D eigenvalue weighted by Crippen LogP contribution is 2.54. The van der Waals surface area contributed by atoms with E-state index < -0.39 is 0 Å². The zero-order valence-electron chi connectivity index (χ0n) is 12.6. The first-order valence-electron chi connectivity index (χ1n) is 7.75. The molecule has 1 aliphatic carbocycles. The van der Waals surface area contributed by atoms with Crippen LogP contribution in [0.1, 0.15) is 29.5 Å². The molecule has 0 bridgehead atoms. The van der Waals surface area contributed by atoms with E-state index in [1.807, 2.05) is 30.3 Å². The number of hydrogen-bond donors (Lipinski definition) is 2. The lowest BCUT2D eigenvalue weighted by molar-refractivity contribution is -0.385. The molecule has 4 rings (SSSR count). The first kappa shape index (κ1) is 15.2. The molecule has 2 aromatic carbocycles. The second-order valence-electron chi connectivity index (χ2n) is 6.18. The minimum absolute atomic E-state index is 0.00139. The van der Waals surface area contributed by atoms with Gasteiger partial charge in [-0.3, -0.25) is 10.1 Å². The van der Waals surface area contributed by atoms with E-state index in [0.29, 0.717) is 11.3 Å². The number of fused-ring (bicyclic) bond motifs is 3. The maximum atomic E-state index is 11.4. The molecule has 3 atom stereocenters. The van der Waals surface area contributed by atoms with Crippen LogP contribution >= 0.6 is 15.9 Å². The molecule has 6 heteroatoms. The van der Waals surface area contributed by atoms with Crippen molar-refractivity contribution in [2.45, 2.75) is 18.4 Å². The summed E-state index contributed by atoms with van der Waals surface area (Å²) in [7, 11) is 0. The van der Waals surface area contributed by atoms with Crippen LogP contribution in [0.15, 0.2) is 53.0 Å². The van der Waals surface area contributed by atoms with Crippen LogP contribution in [-0.4, -0.2) is 10.0 Å². The van der Waals surface area contributed by atoms with Gasteiger partial charge >= 0.3 is 0 Å². The number of nitro groups is 1. The van der Waals surface area contributed by atoms with E-state index in [1.54, 1.807) is 0 Å². The molecular formula is C18H15BrN2O3. The number of nitro benzene ring substituents is 1. The second-order valence-corrected chi connectivity index (χ2v) is 7.09. The molecule has 2 aliphatic rings. The fourth-order valence-corrected chi connectivity index (χ4v) is 4.10. The van der Waals surface area contributed by atoms with Gasteiger partial charge in [0.15, 0.2) is 0 Å². The van der Waals surface area contributed by atoms with Gasteiger partial charge in [0.25, 0.3) is 5.69 Å². The maximum Gasteiger partial charge on any atom is 0.275 e. The average Bonchev–Trinajstić information content (AvgIpc) is 3.05. The van der Waals surface area contributed by atoms with Gasteiger partial charge < -0.3 is 10.4 Å². The molecule has 24 heavy (non-hydrogen) atoms. The average molecular weight is 387 g/mol. The van der Waals surface area contributed by atoms with E-state index >= 15 is 0 Å². The van der Waals surface area contributed by atoms with Crippen LogP contribution in [0.25, 0.3) is 0 Å². The number of aromatic hydroxyl groups is 1. The molecule has 2 N–H and O–H groups in total. The molecule has 2 aromatic rings. The fourth-order valence-electron chi connectivity index (χ4n) is 3.83. The molecular weight excluding hydrogens is 372 g/mol. The molecule has 0 saturated heterocycles. The van der Waals surface area contributed by atoms with E-state index in [0.717, 1.165) is 16.5 Å². The van der Waals surface area contributed by atoms with Crippen molar-refractivity contribution in [2.24, 2.45) is 5.92 Å². The quantitative estimate of drug-likeness (QED) is 0.333. The Morgan fingerprint density at radius 2 is 1.96 bits per heavy atom. The normalized spacial score (nSPS) is 24.1. The third kappa shape index (κ3) is 2.29. The van der Waals surface area contributed by atoms with Crippen LogP contribution in [0.5, 0.6) is 5.75 Å². The monoisotopic (exact) mass is 386 g/mol. The van der Waals surface area contributed by atoms with Crippen molar-refractivity contribution >= 4 is 27.3 Å². The summed E-state index contributed by atoms with van der Waals surface area (Å²) in [5, 5.41) is 25.1. The number of phenols is 1. The number of anilines is 1. The minimum Gasteiger partial charge on any atom is -0.506 e. The largest absolute Gasteiger partial charge is 0.506 e. The van der Waals surface area contributed by atoms with Crippen LogP contribution in [0.3, 0.4) is 0 Å². The van der Waals surface area contributed by atoms with Crippen LogP contribution in [0.2, 0.25) is 0 Å². The van der Waals surface area contributed by atoms with Crippen molar-refractivity contribution < 1.29 is 10.0 Å².